The van der Waals surface area contributed by atoms with Crippen LogP contribution in [0.25, 0.3) is 10.9 Å². The number of rotatable bonds is 5. The standard InChI is InChI=1S/C20H25N5/c1-14-7-6-11-22-19(14)13-24-20(21-3)23-12-10-16-15(2)25-18-9-5-4-8-17(16)18/h4-9,11,25H,10,12-13H2,1-3H3,(H2,21,23,24). The zero-order valence-corrected chi connectivity index (χ0v) is 15.1. The Morgan fingerprint density at radius 2 is 1.96 bits per heavy atom. The minimum absolute atomic E-state index is 0.665. The molecule has 0 aliphatic heterocycles. The number of guanidine groups is 1. The molecule has 0 saturated carbocycles. The third kappa shape index (κ3) is 3.99. The van der Waals surface area contributed by atoms with Crippen LogP contribution in [0, 0.1) is 13.8 Å². The predicted molar refractivity (Wildman–Crippen MR) is 104 cm³/mol. The number of aromatic nitrogens is 2. The topological polar surface area (TPSA) is 65.1 Å². The minimum atomic E-state index is 0.665. The number of hydrogen-bond donors (Lipinski definition) is 3. The predicted octanol–water partition coefficient (Wildman–Crippen LogP) is 3.09. The number of nitrogens with zero attached hydrogens (tertiary/aromatic N) is 2. The molecular formula is C20H25N5. The van der Waals surface area contributed by atoms with Crippen molar-refractivity contribution in [3.63, 3.8) is 0 Å². The molecule has 0 atom stereocenters. The average molecular weight is 335 g/mol. The first-order valence-electron chi connectivity index (χ1n) is 8.60. The van der Waals surface area contributed by atoms with Gasteiger partial charge < -0.3 is 15.6 Å². The third-order valence-corrected chi connectivity index (χ3v) is 4.46. The number of pyridine rings is 1. The van der Waals surface area contributed by atoms with Gasteiger partial charge in [0.05, 0.1) is 12.2 Å². The van der Waals surface area contributed by atoms with Crippen LogP contribution in [0.1, 0.15) is 22.5 Å². The lowest BCUT2D eigenvalue weighted by molar-refractivity contribution is 0.780. The van der Waals surface area contributed by atoms with Gasteiger partial charge in [0, 0.05) is 36.4 Å². The quantitative estimate of drug-likeness (QED) is 0.496. The normalized spacial score (nSPS) is 11.7. The Bertz CT molecular complexity index is 879. The Labute approximate surface area is 148 Å². The Morgan fingerprint density at radius 3 is 2.76 bits per heavy atom. The summed E-state index contributed by atoms with van der Waals surface area (Å²) in [6.07, 6.45) is 2.76. The summed E-state index contributed by atoms with van der Waals surface area (Å²) in [7, 11) is 1.79. The second-order valence-corrected chi connectivity index (χ2v) is 6.14. The molecule has 2 aromatic heterocycles. The molecule has 0 spiro atoms. The molecule has 0 aliphatic rings. The van der Waals surface area contributed by atoms with E-state index in [1.807, 2.05) is 12.3 Å². The number of benzene rings is 1. The number of nitrogens with one attached hydrogen (secondary N) is 3. The van der Waals surface area contributed by atoms with Gasteiger partial charge in [0.15, 0.2) is 5.96 Å². The molecule has 3 aromatic rings. The van der Waals surface area contributed by atoms with Crippen molar-refractivity contribution in [1.82, 2.24) is 20.6 Å². The fourth-order valence-corrected chi connectivity index (χ4v) is 3.05. The van der Waals surface area contributed by atoms with E-state index in [9.17, 15) is 0 Å². The van der Waals surface area contributed by atoms with E-state index < -0.39 is 0 Å². The maximum atomic E-state index is 4.40. The summed E-state index contributed by atoms with van der Waals surface area (Å²) in [5.41, 5.74) is 6.01. The van der Waals surface area contributed by atoms with Crippen LogP contribution in [-0.2, 0) is 13.0 Å². The van der Waals surface area contributed by atoms with E-state index in [-0.39, 0.29) is 0 Å². The third-order valence-electron chi connectivity index (χ3n) is 4.46. The smallest absolute Gasteiger partial charge is 0.191 e. The Kier molecular flexibility index (Phi) is 5.33. The lowest BCUT2D eigenvalue weighted by Gasteiger charge is -2.12. The molecule has 130 valence electrons. The second kappa shape index (κ2) is 7.83. The molecule has 5 nitrogen and oxygen atoms in total. The molecular weight excluding hydrogens is 310 g/mol. The van der Waals surface area contributed by atoms with Crippen LogP contribution in [-0.4, -0.2) is 29.5 Å². The van der Waals surface area contributed by atoms with Crippen molar-refractivity contribution in [2.24, 2.45) is 4.99 Å². The molecule has 0 aliphatic carbocycles. The molecule has 25 heavy (non-hydrogen) atoms. The van der Waals surface area contributed by atoms with E-state index in [1.165, 1.54) is 27.7 Å². The van der Waals surface area contributed by atoms with E-state index in [0.717, 1.165) is 24.6 Å². The van der Waals surface area contributed by atoms with Gasteiger partial charge in [0.25, 0.3) is 0 Å². The van der Waals surface area contributed by atoms with Gasteiger partial charge in [-0.1, -0.05) is 24.3 Å². The molecule has 0 unspecified atom stereocenters. The van der Waals surface area contributed by atoms with Crippen LogP contribution in [0.2, 0.25) is 0 Å². The number of fused-ring (bicyclic) bond motifs is 1. The first kappa shape index (κ1) is 17.0. The number of aliphatic imine (C=N–C) groups is 1. The van der Waals surface area contributed by atoms with E-state index in [1.54, 1.807) is 7.05 Å². The summed E-state index contributed by atoms with van der Waals surface area (Å²) >= 11 is 0. The molecule has 0 saturated heterocycles. The molecule has 0 bridgehead atoms. The van der Waals surface area contributed by atoms with E-state index in [2.05, 4.69) is 69.8 Å². The zero-order chi connectivity index (χ0) is 17.6. The molecule has 3 rings (SSSR count). The summed E-state index contributed by atoms with van der Waals surface area (Å²) in [4.78, 5) is 12.1. The summed E-state index contributed by atoms with van der Waals surface area (Å²) in [5, 5.41) is 8.01. The van der Waals surface area contributed by atoms with Crippen LogP contribution in [0.5, 0.6) is 0 Å². The van der Waals surface area contributed by atoms with Crippen molar-refractivity contribution in [3.8, 4) is 0 Å². The first-order valence-corrected chi connectivity index (χ1v) is 8.60. The maximum absolute atomic E-state index is 4.40. The lowest BCUT2D eigenvalue weighted by atomic mass is 10.1. The number of aromatic amines is 1. The monoisotopic (exact) mass is 335 g/mol. The van der Waals surface area contributed by atoms with Gasteiger partial charge in [-0.15, -0.1) is 0 Å². The molecule has 0 radical (unpaired) electrons. The van der Waals surface area contributed by atoms with Crippen LogP contribution in [0.4, 0.5) is 0 Å². The Balaban J connectivity index is 1.56. The fraction of sp³-hybridized carbons (Fsp3) is 0.300. The van der Waals surface area contributed by atoms with E-state index >= 15 is 0 Å². The lowest BCUT2D eigenvalue weighted by Crippen LogP contribution is -2.38. The highest BCUT2D eigenvalue weighted by molar-refractivity contribution is 5.84. The van der Waals surface area contributed by atoms with Gasteiger partial charge >= 0.3 is 0 Å². The number of para-hydroxylation sites is 1. The van der Waals surface area contributed by atoms with Crippen LogP contribution < -0.4 is 10.6 Å². The van der Waals surface area contributed by atoms with Gasteiger partial charge in [-0.2, -0.15) is 0 Å². The van der Waals surface area contributed by atoms with Gasteiger partial charge in [0.1, 0.15) is 0 Å². The number of aryl methyl sites for hydroxylation is 2. The average Bonchev–Trinajstić information content (AvgIpc) is 2.94. The SMILES string of the molecule is CN=C(NCCc1c(C)[nH]c2ccccc12)NCc1ncccc1C. The highest BCUT2D eigenvalue weighted by Crippen LogP contribution is 2.21. The Morgan fingerprint density at radius 1 is 1.12 bits per heavy atom. The summed E-state index contributed by atoms with van der Waals surface area (Å²) in [6.45, 7) is 5.69. The number of H-pyrrole nitrogens is 1. The van der Waals surface area contributed by atoms with E-state index in [0.29, 0.717) is 6.54 Å². The van der Waals surface area contributed by atoms with Gasteiger partial charge in [0.2, 0.25) is 0 Å². The highest BCUT2D eigenvalue weighted by atomic mass is 15.2. The van der Waals surface area contributed by atoms with Gasteiger partial charge in [-0.05, 0) is 43.5 Å². The molecule has 2 heterocycles. The van der Waals surface area contributed by atoms with Crippen LogP contribution >= 0.6 is 0 Å². The van der Waals surface area contributed by atoms with Crippen LogP contribution in [0.3, 0.4) is 0 Å². The number of hydrogen-bond acceptors (Lipinski definition) is 2. The maximum Gasteiger partial charge on any atom is 0.191 e. The molecule has 0 fully saturated rings. The van der Waals surface area contributed by atoms with Crippen LogP contribution in [0.15, 0.2) is 47.6 Å². The van der Waals surface area contributed by atoms with Crippen molar-refractivity contribution >= 4 is 16.9 Å². The fourth-order valence-electron chi connectivity index (χ4n) is 3.05. The second-order valence-electron chi connectivity index (χ2n) is 6.14. The van der Waals surface area contributed by atoms with Crippen molar-refractivity contribution < 1.29 is 0 Å². The Hall–Kier alpha value is -2.82. The van der Waals surface area contributed by atoms with Crippen molar-refractivity contribution in [2.75, 3.05) is 13.6 Å². The first-order chi connectivity index (χ1) is 12.2. The zero-order valence-electron chi connectivity index (χ0n) is 15.1. The largest absolute Gasteiger partial charge is 0.358 e. The molecule has 1 aromatic carbocycles. The summed E-state index contributed by atoms with van der Waals surface area (Å²) in [6, 6.07) is 12.5. The summed E-state index contributed by atoms with van der Waals surface area (Å²) < 4.78 is 0. The minimum Gasteiger partial charge on any atom is -0.358 e. The van der Waals surface area contributed by atoms with Gasteiger partial charge in [-0.25, -0.2) is 0 Å². The molecule has 0 amide bonds. The molecule has 5 heteroatoms. The van der Waals surface area contributed by atoms with Crippen molar-refractivity contribution in [3.05, 3.63) is 65.1 Å². The van der Waals surface area contributed by atoms with Gasteiger partial charge in [-0.3, -0.25) is 9.98 Å². The summed E-state index contributed by atoms with van der Waals surface area (Å²) in [5.74, 6) is 0.794. The highest BCUT2D eigenvalue weighted by Gasteiger charge is 2.08. The molecule has 3 N–H and O–H groups in total. The van der Waals surface area contributed by atoms with Crippen molar-refractivity contribution in [2.45, 2.75) is 26.8 Å². The van der Waals surface area contributed by atoms with E-state index in [4.69, 9.17) is 0 Å². The van der Waals surface area contributed by atoms with Crippen molar-refractivity contribution in [1.29, 1.82) is 0 Å².